The SMILES string of the molecule is C=Nc1ccc(-c2ccc(-c3ccc(-c4ccc(NC)s4)s3)s2)s1. The maximum absolute atomic E-state index is 4.00. The molecule has 4 aromatic heterocycles. The van der Waals surface area contributed by atoms with Crippen LogP contribution in [0.15, 0.2) is 53.5 Å². The molecule has 0 unspecified atom stereocenters. The third-order valence-electron chi connectivity index (χ3n) is 3.54. The highest BCUT2D eigenvalue weighted by molar-refractivity contribution is 7.29. The first-order chi connectivity index (χ1) is 11.8. The summed E-state index contributed by atoms with van der Waals surface area (Å²) in [5, 5.41) is 5.36. The van der Waals surface area contributed by atoms with Crippen LogP contribution >= 0.6 is 45.3 Å². The highest BCUT2D eigenvalue weighted by Gasteiger charge is 2.11. The minimum atomic E-state index is 0.969. The summed E-state index contributed by atoms with van der Waals surface area (Å²) in [7, 11) is 1.96. The molecular formula is C18H14N2S4. The van der Waals surface area contributed by atoms with Crippen molar-refractivity contribution in [2.24, 2.45) is 4.99 Å². The monoisotopic (exact) mass is 386 g/mol. The Hall–Kier alpha value is -1.73. The van der Waals surface area contributed by atoms with E-state index in [0.29, 0.717) is 0 Å². The quantitative estimate of drug-likeness (QED) is 0.357. The predicted molar refractivity (Wildman–Crippen MR) is 113 cm³/mol. The lowest BCUT2D eigenvalue weighted by Gasteiger charge is -1.92. The van der Waals surface area contributed by atoms with Gasteiger partial charge in [-0.3, -0.25) is 4.99 Å². The molecule has 0 radical (unpaired) electrons. The van der Waals surface area contributed by atoms with E-state index < -0.39 is 0 Å². The molecular weight excluding hydrogens is 372 g/mol. The van der Waals surface area contributed by atoms with Gasteiger partial charge >= 0.3 is 0 Å². The average molecular weight is 387 g/mol. The van der Waals surface area contributed by atoms with Gasteiger partial charge in [-0.2, -0.15) is 0 Å². The summed E-state index contributed by atoms with van der Waals surface area (Å²) in [4.78, 5) is 11.8. The van der Waals surface area contributed by atoms with Crippen LogP contribution in [0.5, 0.6) is 0 Å². The van der Waals surface area contributed by atoms with Gasteiger partial charge in [-0.15, -0.1) is 45.3 Å². The second kappa shape index (κ2) is 6.64. The standard InChI is InChI=1S/C18H14N2S4/c1-19-17-9-7-15(23-17)13-5-3-11(21-13)12-4-6-14(22-12)16-8-10-18(20-2)24-16/h3-10,20H,1H2,2H3. The van der Waals surface area contributed by atoms with Gasteiger partial charge in [0.2, 0.25) is 0 Å². The topological polar surface area (TPSA) is 24.4 Å². The third kappa shape index (κ3) is 2.98. The molecule has 1 N–H and O–H groups in total. The summed E-state index contributed by atoms with van der Waals surface area (Å²) >= 11 is 7.15. The molecule has 0 fully saturated rings. The fraction of sp³-hybridized carbons (Fsp3) is 0.0556. The van der Waals surface area contributed by atoms with Crippen molar-refractivity contribution in [3.8, 4) is 29.3 Å². The van der Waals surface area contributed by atoms with Gasteiger partial charge in [-0.25, -0.2) is 0 Å². The first-order valence-corrected chi connectivity index (χ1v) is 10.6. The summed E-state index contributed by atoms with van der Waals surface area (Å²) in [6.45, 7) is 3.59. The van der Waals surface area contributed by atoms with E-state index in [4.69, 9.17) is 0 Å². The second-order valence-electron chi connectivity index (χ2n) is 5.04. The summed E-state index contributed by atoms with van der Waals surface area (Å²) in [6, 6.07) is 17.3. The molecule has 24 heavy (non-hydrogen) atoms. The summed E-state index contributed by atoms with van der Waals surface area (Å²) < 4.78 is 0. The van der Waals surface area contributed by atoms with E-state index in [9.17, 15) is 0 Å². The molecule has 4 heterocycles. The zero-order valence-electron chi connectivity index (χ0n) is 12.9. The maximum atomic E-state index is 4.00. The molecule has 0 aliphatic carbocycles. The van der Waals surface area contributed by atoms with E-state index >= 15 is 0 Å². The fourth-order valence-corrected chi connectivity index (χ4v) is 6.31. The number of aliphatic imine (C=N–C) groups is 1. The summed E-state index contributed by atoms with van der Waals surface area (Å²) in [5.41, 5.74) is 0. The van der Waals surface area contributed by atoms with Crippen LogP contribution in [0.3, 0.4) is 0 Å². The van der Waals surface area contributed by atoms with E-state index in [0.717, 1.165) is 5.00 Å². The van der Waals surface area contributed by atoms with Crippen LogP contribution in [-0.4, -0.2) is 13.8 Å². The number of nitrogens with one attached hydrogen (secondary N) is 1. The molecule has 6 heteroatoms. The number of hydrogen-bond acceptors (Lipinski definition) is 6. The Labute approximate surface area is 156 Å². The molecule has 0 saturated carbocycles. The molecule has 0 aliphatic heterocycles. The maximum Gasteiger partial charge on any atom is 0.115 e. The van der Waals surface area contributed by atoms with Crippen LogP contribution in [0.25, 0.3) is 29.3 Å². The Morgan fingerprint density at radius 2 is 1.12 bits per heavy atom. The Morgan fingerprint density at radius 1 is 0.667 bits per heavy atom. The second-order valence-corrected chi connectivity index (χ2v) is 9.35. The van der Waals surface area contributed by atoms with Gasteiger partial charge < -0.3 is 5.32 Å². The minimum Gasteiger partial charge on any atom is -0.380 e. The van der Waals surface area contributed by atoms with Crippen LogP contribution in [0.1, 0.15) is 0 Å². The average Bonchev–Trinajstić information content (AvgIpc) is 3.40. The van der Waals surface area contributed by atoms with Gasteiger partial charge in [0.25, 0.3) is 0 Å². The Kier molecular flexibility index (Phi) is 4.37. The van der Waals surface area contributed by atoms with Crippen molar-refractivity contribution in [2.75, 3.05) is 12.4 Å². The van der Waals surface area contributed by atoms with Gasteiger partial charge in [0.1, 0.15) is 5.00 Å². The summed E-state index contributed by atoms with van der Waals surface area (Å²) in [5.74, 6) is 0. The van der Waals surface area contributed by atoms with Crippen molar-refractivity contribution in [1.82, 2.24) is 0 Å². The van der Waals surface area contributed by atoms with Crippen LogP contribution in [0.2, 0.25) is 0 Å². The predicted octanol–water partition coefficient (Wildman–Crippen LogP) is 7.31. The molecule has 0 aliphatic rings. The van der Waals surface area contributed by atoms with Crippen LogP contribution in [-0.2, 0) is 0 Å². The van der Waals surface area contributed by atoms with Crippen molar-refractivity contribution >= 4 is 62.1 Å². The zero-order valence-corrected chi connectivity index (χ0v) is 16.2. The Balaban J connectivity index is 1.62. The lowest BCUT2D eigenvalue weighted by atomic mass is 10.3. The molecule has 120 valence electrons. The molecule has 4 rings (SSSR count). The highest BCUT2D eigenvalue weighted by atomic mass is 32.1. The normalized spacial score (nSPS) is 10.9. The van der Waals surface area contributed by atoms with Crippen molar-refractivity contribution in [3.05, 3.63) is 48.5 Å². The third-order valence-corrected chi connectivity index (χ3v) is 8.42. The number of hydrogen-bond donors (Lipinski definition) is 1. The van der Waals surface area contributed by atoms with Gasteiger partial charge in [0, 0.05) is 36.3 Å². The van der Waals surface area contributed by atoms with Crippen molar-refractivity contribution in [1.29, 1.82) is 0 Å². The van der Waals surface area contributed by atoms with E-state index in [2.05, 4.69) is 59.5 Å². The van der Waals surface area contributed by atoms with Crippen LogP contribution in [0, 0.1) is 0 Å². The van der Waals surface area contributed by atoms with Crippen LogP contribution < -0.4 is 5.32 Å². The zero-order chi connectivity index (χ0) is 16.5. The fourth-order valence-electron chi connectivity index (χ4n) is 2.36. The molecule has 4 aromatic rings. The number of rotatable bonds is 5. The summed E-state index contributed by atoms with van der Waals surface area (Å²) in [6.07, 6.45) is 0. The van der Waals surface area contributed by atoms with E-state index in [1.807, 2.05) is 35.8 Å². The molecule has 0 spiro atoms. The Bertz CT molecular complexity index is 986. The van der Waals surface area contributed by atoms with Gasteiger partial charge in [-0.05, 0) is 55.2 Å². The van der Waals surface area contributed by atoms with Gasteiger partial charge in [0.05, 0.1) is 5.00 Å². The van der Waals surface area contributed by atoms with Crippen molar-refractivity contribution in [3.63, 3.8) is 0 Å². The van der Waals surface area contributed by atoms with Crippen LogP contribution in [0.4, 0.5) is 10.0 Å². The number of thiophene rings is 4. The minimum absolute atomic E-state index is 0.969. The van der Waals surface area contributed by atoms with E-state index in [1.54, 1.807) is 22.7 Å². The number of nitrogens with zero attached hydrogens (tertiary/aromatic N) is 1. The lowest BCUT2D eigenvalue weighted by Crippen LogP contribution is -1.79. The van der Waals surface area contributed by atoms with E-state index in [-0.39, 0.29) is 0 Å². The molecule has 0 aromatic carbocycles. The molecule has 2 nitrogen and oxygen atoms in total. The largest absolute Gasteiger partial charge is 0.380 e. The molecule has 0 saturated heterocycles. The van der Waals surface area contributed by atoms with Crippen molar-refractivity contribution in [2.45, 2.75) is 0 Å². The lowest BCUT2D eigenvalue weighted by molar-refractivity contribution is 1.60. The van der Waals surface area contributed by atoms with Crippen molar-refractivity contribution < 1.29 is 0 Å². The number of anilines is 1. The molecule has 0 atom stereocenters. The smallest absolute Gasteiger partial charge is 0.115 e. The first-order valence-electron chi connectivity index (χ1n) is 7.32. The van der Waals surface area contributed by atoms with Gasteiger partial charge in [-0.1, -0.05) is 0 Å². The molecule has 0 bridgehead atoms. The van der Waals surface area contributed by atoms with E-state index in [1.165, 1.54) is 34.3 Å². The van der Waals surface area contributed by atoms with Gasteiger partial charge in [0.15, 0.2) is 0 Å². The Morgan fingerprint density at radius 3 is 1.58 bits per heavy atom. The highest BCUT2D eigenvalue weighted by Crippen LogP contribution is 2.44. The molecule has 0 amide bonds. The first kappa shape index (κ1) is 15.8.